The third-order valence-corrected chi connectivity index (χ3v) is 9.46. The Morgan fingerprint density at radius 1 is 0.656 bits per heavy atom. The molecule has 2 rings (SSSR count). The van der Waals surface area contributed by atoms with E-state index >= 15 is 0 Å². The molecule has 23 nitrogen and oxygen atoms in total. The number of hydrogen-bond donors (Lipinski definition) is 14. The van der Waals surface area contributed by atoms with Crippen molar-refractivity contribution in [1.29, 1.82) is 0 Å². The fourth-order valence-corrected chi connectivity index (χ4v) is 6.03. The second kappa shape index (κ2) is 27.3. The summed E-state index contributed by atoms with van der Waals surface area (Å²) in [5.41, 5.74) is 17.4. The monoisotopic (exact) mass is 899 g/mol. The number of aliphatic carboxylic acids is 1. The highest BCUT2D eigenvalue weighted by atomic mass is 16.4. The first kappa shape index (κ1) is 53.3. The molecular weight excluding hydrogens is 839 g/mol. The first-order valence-corrected chi connectivity index (χ1v) is 20.5. The maximum absolute atomic E-state index is 14.1. The number of aliphatic hydroxyl groups is 2. The number of carboxylic acid groups (broad SMARTS) is 1. The molecule has 0 aliphatic heterocycles. The molecule has 8 amide bonds. The minimum atomic E-state index is -1.81. The maximum Gasteiger partial charge on any atom is 0.305 e. The maximum atomic E-state index is 14.1. The van der Waals surface area contributed by atoms with Crippen LogP contribution < -0.4 is 59.7 Å². The van der Waals surface area contributed by atoms with Crippen molar-refractivity contribution >= 4 is 64.0 Å². The minimum absolute atomic E-state index is 0.115. The lowest BCUT2D eigenvalue weighted by atomic mass is 10.00. The molecule has 0 unspecified atom stereocenters. The molecule has 0 fully saturated rings. The number of rotatable bonds is 29. The van der Waals surface area contributed by atoms with Crippen molar-refractivity contribution < 1.29 is 58.5 Å². The Morgan fingerprint density at radius 2 is 1.22 bits per heavy atom. The number of amides is 8. The van der Waals surface area contributed by atoms with E-state index in [0.29, 0.717) is 24.9 Å². The number of hydrogen-bond acceptors (Lipinski definition) is 14. The molecule has 0 saturated heterocycles. The molecule has 0 radical (unpaired) electrons. The Balaban J connectivity index is 2.34. The molecule has 0 spiro atoms. The Hall–Kier alpha value is -6.85. The molecule has 0 aliphatic rings. The van der Waals surface area contributed by atoms with Crippen molar-refractivity contribution in [3.63, 3.8) is 0 Å². The van der Waals surface area contributed by atoms with Gasteiger partial charge >= 0.3 is 5.97 Å². The van der Waals surface area contributed by atoms with Gasteiger partial charge in [0, 0.05) is 26.1 Å². The average Bonchev–Trinajstić information content (AvgIpc) is 3.23. The quantitative estimate of drug-likeness (QED) is 0.0343. The summed E-state index contributed by atoms with van der Waals surface area (Å²) < 4.78 is 0. The predicted molar refractivity (Wildman–Crippen MR) is 232 cm³/mol. The number of carbonyl (C=O) groups is 9. The molecular formula is C41H61N11O12. The summed E-state index contributed by atoms with van der Waals surface area (Å²) in [5.74, 6) is -9.51. The van der Waals surface area contributed by atoms with Crippen LogP contribution in [0.3, 0.4) is 0 Å². The van der Waals surface area contributed by atoms with Gasteiger partial charge in [0.15, 0.2) is 0 Å². The number of benzene rings is 2. The molecule has 0 heterocycles. The predicted octanol–water partition coefficient (Wildman–Crippen LogP) is -4.45. The summed E-state index contributed by atoms with van der Waals surface area (Å²) in [6.07, 6.45) is -1.24. The van der Waals surface area contributed by atoms with E-state index in [1.807, 2.05) is 12.1 Å². The number of fused-ring (bicyclic) bond motifs is 1. The Bertz CT molecular complexity index is 1980. The van der Waals surface area contributed by atoms with E-state index in [4.69, 9.17) is 22.3 Å². The highest BCUT2D eigenvalue weighted by Crippen LogP contribution is 2.17. The molecule has 23 heteroatoms. The van der Waals surface area contributed by atoms with E-state index < -0.39 is 121 Å². The standard InChI is InChI=1S/C41H61N11O12/c1-22(2)35(41(64)47-20-33(56)46-14-7-15-53)52-40(63)31(21-54)51-38(61)29(18-32(44)55)50-37(60)28(17-24-11-12-25-8-4-5-9-26(25)16-24)49-39(62)30(19-34(57)58)48-36(59)27(43)10-6-13-45-23(3)42/h4-5,8-9,11-12,16,22,27-31,35,45,53-54H,3,6-7,10,13-15,17-21,42-43H2,1-2H3,(H2,44,55)(H,46,56)(H,47,64)(H,48,59)(H,49,62)(H,50,60)(H,51,61)(H,52,63)(H,57,58)/t27-,28-,29-,30-,31-,35-/m0/s1. The number of nitrogens with two attached hydrogens (primary N) is 3. The van der Waals surface area contributed by atoms with Gasteiger partial charge in [-0.25, -0.2) is 0 Å². The number of aliphatic hydroxyl groups excluding tert-OH is 2. The SMILES string of the molecule is C=C(N)NCCC[C@H](N)C(=O)N[C@@H](CC(=O)O)C(=O)N[C@@H](Cc1ccc2ccccc2c1)C(=O)N[C@@H](CC(N)=O)C(=O)N[C@@H](CO)C(=O)N[C@H](C(=O)NCC(=O)NCCCO)C(C)C. The highest BCUT2D eigenvalue weighted by molar-refractivity contribution is 5.99. The number of carbonyl (C=O) groups excluding carboxylic acids is 8. The zero-order valence-electron chi connectivity index (χ0n) is 35.8. The lowest BCUT2D eigenvalue weighted by Crippen LogP contribution is -2.61. The molecule has 2 aromatic rings. The molecule has 0 bridgehead atoms. The van der Waals surface area contributed by atoms with Gasteiger partial charge < -0.3 is 75.1 Å². The van der Waals surface area contributed by atoms with Crippen molar-refractivity contribution in [2.24, 2.45) is 23.1 Å². The summed E-state index contributed by atoms with van der Waals surface area (Å²) in [6.45, 7) is 5.54. The smallest absolute Gasteiger partial charge is 0.305 e. The minimum Gasteiger partial charge on any atom is -0.481 e. The summed E-state index contributed by atoms with van der Waals surface area (Å²) in [6, 6.07) is 3.08. The van der Waals surface area contributed by atoms with E-state index in [0.717, 1.165) is 10.8 Å². The van der Waals surface area contributed by atoms with Gasteiger partial charge in [0.05, 0.1) is 37.9 Å². The molecule has 2 aromatic carbocycles. The fourth-order valence-electron chi connectivity index (χ4n) is 6.03. The molecule has 17 N–H and O–H groups in total. The highest BCUT2D eigenvalue weighted by Gasteiger charge is 2.34. The van der Waals surface area contributed by atoms with Crippen LogP contribution in [0.2, 0.25) is 0 Å². The van der Waals surface area contributed by atoms with Gasteiger partial charge in [0.1, 0.15) is 30.2 Å². The van der Waals surface area contributed by atoms with Gasteiger partial charge in [-0.05, 0) is 41.5 Å². The van der Waals surface area contributed by atoms with Crippen molar-refractivity contribution in [2.75, 3.05) is 32.8 Å². The van der Waals surface area contributed by atoms with Crippen LogP contribution in [0, 0.1) is 5.92 Å². The lowest BCUT2D eigenvalue weighted by Gasteiger charge is -2.27. The third-order valence-electron chi connectivity index (χ3n) is 9.46. The Kier molecular flexibility index (Phi) is 22.7. The first-order chi connectivity index (χ1) is 30.2. The van der Waals surface area contributed by atoms with Crippen LogP contribution in [0.1, 0.15) is 51.5 Å². The van der Waals surface area contributed by atoms with E-state index in [1.54, 1.807) is 44.2 Å². The van der Waals surface area contributed by atoms with Crippen molar-refractivity contribution in [1.82, 2.24) is 42.5 Å². The average molecular weight is 900 g/mol. The second-order valence-electron chi connectivity index (χ2n) is 15.2. The summed E-state index contributed by atoms with van der Waals surface area (Å²) >= 11 is 0. The molecule has 352 valence electrons. The Morgan fingerprint density at radius 3 is 1.81 bits per heavy atom. The van der Waals surface area contributed by atoms with Gasteiger partial charge in [-0.15, -0.1) is 0 Å². The van der Waals surface area contributed by atoms with Gasteiger partial charge in [-0.1, -0.05) is 62.9 Å². The number of nitrogens with one attached hydrogen (secondary N) is 8. The normalized spacial score (nSPS) is 13.7. The van der Waals surface area contributed by atoms with Crippen LogP contribution >= 0.6 is 0 Å². The first-order valence-electron chi connectivity index (χ1n) is 20.5. The van der Waals surface area contributed by atoms with Crippen molar-refractivity contribution in [2.45, 2.75) is 88.6 Å². The van der Waals surface area contributed by atoms with Gasteiger partial charge in [-0.3, -0.25) is 43.2 Å². The van der Waals surface area contributed by atoms with Gasteiger partial charge in [0.25, 0.3) is 0 Å². The van der Waals surface area contributed by atoms with Crippen molar-refractivity contribution in [3.05, 3.63) is 60.4 Å². The largest absolute Gasteiger partial charge is 0.481 e. The number of primary amides is 1. The van der Waals surface area contributed by atoms with Gasteiger partial charge in [0.2, 0.25) is 47.3 Å². The van der Waals surface area contributed by atoms with Crippen LogP contribution in [-0.2, 0) is 49.6 Å². The topological polar surface area (TPSA) is 389 Å². The molecule has 0 aliphatic carbocycles. The second-order valence-corrected chi connectivity index (χ2v) is 15.2. The fraction of sp³-hybridized carbons (Fsp3) is 0.488. The van der Waals surface area contributed by atoms with Crippen LogP contribution in [0.25, 0.3) is 10.8 Å². The van der Waals surface area contributed by atoms with Crippen LogP contribution in [0.4, 0.5) is 0 Å². The van der Waals surface area contributed by atoms with E-state index in [1.165, 1.54) is 0 Å². The Labute approximate surface area is 369 Å². The molecule has 64 heavy (non-hydrogen) atoms. The molecule has 6 atom stereocenters. The van der Waals surface area contributed by atoms with E-state index in [9.17, 15) is 53.4 Å². The van der Waals surface area contributed by atoms with E-state index in [2.05, 4.69) is 49.1 Å². The van der Waals surface area contributed by atoms with Gasteiger partial charge in [-0.2, -0.15) is 0 Å². The summed E-state index contributed by atoms with van der Waals surface area (Å²) in [4.78, 5) is 117. The van der Waals surface area contributed by atoms with Crippen LogP contribution in [0.15, 0.2) is 54.9 Å². The molecule has 0 aromatic heterocycles. The number of carboxylic acids is 1. The lowest BCUT2D eigenvalue weighted by molar-refractivity contribution is -0.141. The van der Waals surface area contributed by atoms with E-state index in [-0.39, 0.29) is 31.8 Å². The van der Waals surface area contributed by atoms with Crippen LogP contribution in [0.5, 0.6) is 0 Å². The zero-order chi connectivity index (χ0) is 47.9. The van der Waals surface area contributed by atoms with Crippen LogP contribution in [-0.4, -0.2) is 138 Å². The summed E-state index contributed by atoms with van der Waals surface area (Å²) in [7, 11) is 0. The molecule has 0 saturated carbocycles. The third kappa shape index (κ3) is 19.0. The summed E-state index contributed by atoms with van der Waals surface area (Å²) in [5, 5.41) is 49.6. The van der Waals surface area contributed by atoms with Crippen molar-refractivity contribution in [3.8, 4) is 0 Å². The zero-order valence-corrected chi connectivity index (χ0v) is 35.8.